The molecule has 110 valence electrons. The lowest BCUT2D eigenvalue weighted by molar-refractivity contribution is 0.216. The van der Waals surface area contributed by atoms with Crippen molar-refractivity contribution in [2.75, 3.05) is 31.6 Å². The van der Waals surface area contributed by atoms with E-state index in [0.717, 1.165) is 29.9 Å². The zero-order chi connectivity index (χ0) is 14.0. The molecule has 1 aromatic carbocycles. The molecule has 1 spiro atoms. The van der Waals surface area contributed by atoms with Gasteiger partial charge in [0, 0.05) is 30.9 Å². The number of methoxy groups -OCH3 is 1. The van der Waals surface area contributed by atoms with E-state index in [0.29, 0.717) is 5.54 Å². The van der Waals surface area contributed by atoms with Crippen LogP contribution < -0.4 is 15.0 Å². The van der Waals surface area contributed by atoms with E-state index in [2.05, 4.69) is 44.3 Å². The Morgan fingerprint density at radius 2 is 2.05 bits per heavy atom. The van der Waals surface area contributed by atoms with E-state index in [1.165, 1.54) is 37.8 Å². The molecule has 3 nitrogen and oxygen atoms in total. The van der Waals surface area contributed by atoms with E-state index >= 15 is 0 Å². The Morgan fingerprint density at radius 1 is 1.25 bits per heavy atom. The Morgan fingerprint density at radius 3 is 2.75 bits per heavy atom. The first-order valence-electron chi connectivity index (χ1n) is 7.56. The van der Waals surface area contributed by atoms with Gasteiger partial charge in [-0.15, -0.1) is 0 Å². The predicted octanol–water partition coefficient (Wildman–Crippen LogP) is 3.57. The topological polar surface area (TPSA) is 24.5 Å². The Balaban J connectivity index is 1.78. The zero-order valence-corrected chi connectivity index (χ0v) is 13.7. The second-order valence-electron chi connectivity index (χ2n) is 6.01. The fourth-order valence-electron chi connectivity index (χ4n) is 3.59. The summed E-state index contributed by atoms with van der Waals surface area (Å²) in [6.07, 6.45) is 6.78. The summed E-state index contributed by atoms with van der Waals surface area (Å²) in [5, 5.41) is 3.79. The SMILES string of the molecule is COc1ccc(N2CCNC3(CCCCC3)C2)cc1Br. The molecule has 1 heterocycles. The third-order valence-corrected chi connectivity index (χ3v) is 5.31. The molecule has 1 N–H and O–H groups in total. The molecule has 1 saturated carbocycles. The van der Waals surface area contributed by atoms with E-state index in [4.69, 9.17) is 4.74 Å². The molecule has 2 aliphatic rings. The Hall–Kier alpha value is -0.740. The monoisotopic (exact) mass is 338 g/mol. The van der Waals surface area contributed by atoms with Crippen LogP contribution in [0.1, 0.15) is 32.1 Å². The molecule has 0 atom stereocenters. The van der Waals surface area contributed by atoms with Gasteiger partial charge in [-0.1, -0.05) is 19.3 Å². The zero-order valence-electron chi connectivity index (χ0n) is 12.1. The molecule has 0 aromatic heterocycles. The maximum Gasteiger partial charge on any atom is 0.133 e. The van der Waals surface area contributed by atoms with Gasteiger partial charge in [-0.05, 0) is 47.0 Å². The van der Waals surface area contributed by atoms with Gasteiger partial charge in [-0.2, -0.15) is 0 Å². The van der Waals surface area contributed by atoms with Gasteiger partial charge in [0.25, 0.3) is 0 Å². The van der Waals surface area contributed by atoms with Crippen molar-refractivity contribution in [1.82, 2.24) is 5.32 Å². The Kier molecular flexibility index (Phi) is 4.22. The average molecular weight is 339 g/mol. The van der Waals surface area contributed by atoms with Crippen LogP contribution in [0.15, 0.2) is 22.7 Å². The van der Waals surface area contributed by atoms with Gasteiger partial charge < -0.3 is 15.0 Å². The van der Waals surface area contributed by atoms with Gasteiger partial charge in [0.05, 0.1) is 11.6 Å². The summed E-state index contributed by atoms with van der Waals surface area (Å²) in [6.45, 7) is 3.30. The molecule has 1 saturated heterocycles. The Labute approximate surface area is 129 Å². The molecule has 20 heavy (non-hydrogen) atoms. The van der Waals surface area contributed by atoms with E-state index in [1.807, 2.05) is 0 Å². The van der Waals surface area contributed by atoms with Gasteiger partial charge in [-0.3, -0.25) is 0 Å². The number of rotatable bonds is 2. The number of anilines is 1. The average Bonchev–Trinajstić information content (AvgIpc) is 2.48. The highest BCUT2D eigenvalue weighted by molar-refractivity contribution is 9.10. The van der Waals surface area contributed by atoms with Crippen LogP contribution in [-0.2, 0) is 0 Å². The van der Waals surface area contributed by atoms with Gasteiger partial charge >= 0.3 is 0 Å². The number of benzene rings is 1. The number of nitrogens with zero attached hydrogens (tertiary/aromatic N) is 1. The van der Waals surface area contributed by atoms with Crippen molar-refractivity contribution < 1.29 is 4.74 Å². The van der Waals surface area contributed by atoms with Crippen molar-refractivity contribution in [3.63, 3.8) is 0 Å². The maximum atomic E-state index is 5.32. The normalized spacial score (nSPS) is 22.0. The van der Waals surface area contributed by atoms with Crippen molar-refractivity contribution in [2.45, 2.75) is 37.6 Å². The van der Waals surface area contributed by atoms with Gasteiger partial charge in [0.2, 0.25) is 0 Å². The minimum atomic E-state index is 0.350. The first-order chi connectivity index (χ1) is 9.72. The van der Waals surface area contributed by atoms with Crippen LogP contribution in [0.2, 0.25) is 0 Å². The highest BCUT2D eigenvalue weighted by Crippen LogP contribution is 2.34. The van der Waals surface area contributed by atoms with Crippen LogP contribution in [0.3, 0.4) is 0 Å². The van der Waals surface area contributed by atoms with Gasteiger partial charge in [0.1, 0.15) is 5.75 Å². The largest absolute Gasteiger partial charge is 0.496 e. The number of halogens is 1. The fourth-order valence-corrected chi connectivity index (χ4v) is 4.12. The molecule has 0 unspecified atom stereocenters. The molecule has 1 aliphatic carbocycles. The van der Waals surface area contributed by atoms with Crippen molar-refractivity contribution in [3.05, 3.63) is 22.7 Å². The minimum Gasteiger partial charge on any atom is -0.496 e. The van der Waals surface area contributed by atoms with Crippen molar-refractivity contribution in [2.24, 2.45) is 0 Å². The third-order valence-electron chi connectivity index (χ3n) is 4.69. The van der Waals surface area contributed by atoms with E-state index in [-0.39, 0.29) is 0 Å². The van der Waals surface area contributed by atoms with Gasteiger partial charge in [0.15, 0.2) is 0 Å². The summed E-state index contributed by atoms with van der Waals surface area (Å²) in [5.41, 5.74) is 1.65. The molecule has 0 bridgehead atoms. The van der Waals surface area contributed by atoms with E-state index in [9.17, 15) is 0 Å². The number of piperazine rings is 1. The lowest BCUT2D eigenvalue weighted by Gasteiger charge is -2.47. The molecule has 0 amide bonds. The third kappa shape index (κ3) is 2.82. The van der Waals surface area contributed by atoms with Crippen LogP contribution >= 0.6 is 15.9 Å². The molecule has 3 rings (SSSR count). The van der Waals surface area contributed by atoms with E-state index in [1.54, 1.807) is 7.11 Å². The number of hydrogen-bond acceptors (Lipinski definition) is 3. The van der Waals surface area contributed by atoms with E-state index < -0.39 is 0 Å². The molecular weight excluding hydrogens is 316 g/mol. The number of hydrogen-bond donors (Lipinski definition) is 1. The molecule has 2 fully saturated rings. The number of ether oxygens (including phenoxy) is 1. The summed E-state index contributed by atoms with van der Waals surface area (Å²) in [5.74, 6) is 0.899. The summed E-state index contributed by atoms with van der Waals surface area (Å²) in [6, 6.07) is 6.40. The lowest BCUT2D eigenvalue weighted by Crippen LogP contribution is -2.61. The van der Waals surface area contributed by atoms with Gasteiger partial charge in [-0.25, -0.2) is 0 Å². The highest BCUT2D eigenvalue weighted by Gasteiger charge is 2.36. The van der Waals surface area contributed by atoms with Crippen molar-refractivity contribution in [3.8, 4) is 5.75 Å². The van der Waals surface area contributed by atoms with Crippen molar-refractivity contribution >= 4 is 21.6 Å². The Bertz CT molecular complexity index is 466. The van der Waals surface area contributed by atoms with Crippen LogP contribution in [0.5, 0.6) is 5.75 Å². The predicted molar refractivity (Wildman–Crippen MR) is 86.7 cm³/mol. The summed E-state index contributed by atoms with van der Waals surface area (Å²) in [4.78, 5) is 2.52. The lowest BCUT2D eigenvalue weighted by atomic mass is 9.80. The second kappa shape index (κ2) is 5.94. The fraction of sp³-hybridized carbons (Fsp3) is 0.625. The molecular formula is C16H23BrN2O. The first-order valence-corrected chi connectivity index (χ1v) is 8.35. The minimum absolute atomic E-state index is 0.350. The van der Waals surface area contributed by atoms with Crippen LogP contribution in [0.25, 0.3) is 0 Å². The summed E-state index contributed by atoms with van der Waals surface area (Å²) in [7, 11) is 1.71. The standard InChI is InChI=1S/C16H23BrN2O/c1-20-15-6-5-13(11-14(15)17)19-10-9-18-16(12-19)7-3-2-4-8-16/h5-6,11,18H,2-4,7-10,12H2,1H3. The smallest absolute Gasteiger partial charge is 0.133 e. The first kappa shape index (κ1) is 14.2. The molecule has 4 heteroatoms. The molecule has 1 aliphatic heterocycles. The quantitative estimate of drug-likeness (QED) is 0.892. The van der Waals surface area contributed by atoms with Crippen LogP contribution in [0.4, 0.5) is 5.69 Å². The van der Waals surface area contributed by atoms with Crippen LogP contribution in [-0.4, -0.2) is 32.3 Å². The summed E-state index contributed by atoms with van der Waals surface area (Å²) < 4.78 is 6.36. The summed E-state index contributed by atoms with van der Waals surface area (Å²) >= 11 is 3.59. The molecule has 0 radical (unpaired) electrons. The number of nitrogens with one attached hydrogen (secondary N) is 1. The van der Waals surface area contributed by atoms with Crippen LogP contribution in [0, 0.1) is 0 Å². The highest BCUT2D eigenvalue weighted by atomic mass is 79.9. The second-order valence-corrected chi connectivity index (χ2v) is 6.86. The maximum absolute atomic E-state index is 5.32. The molecule has 1 aromatic rings. The van der Waals surface area contributed by atoms with Crippen molar-refractivity contribution in [1.29, 1.82) is 0 Å².